The normalized spacial score (nSPS) is 29.6. The molecule has 0 amide bonds. The van der Waals surface area contributed by atoms with Gasteiger partial charge in [-0.25, -0.2) is 6.29 Å². The summed E-state index contributed by atoms with van der Waals surface area (Å²) < 4.78 is 0. The molecule has 0 saturated heterocycles. The van der Waals surface area contributed by atoms with Crippen LogP contribution in [0.5, 0.6) is 0 Å². The number of hydrogen-bond acceptors (Lipinski definition) is 2. The quantitative estimate of drug-likeness (QED) is 0.634. The molecule has 3 heteroatoms. The van der Waals surface area contributed by atoms with E-state index in [2.05, 4.69) is 35.9 Å². The van der Waals surface area contributed by atoms with Crippen LogP contribution in [0, 0.1) is 5.92 Å². The minimum atomic E-state index is -0.153. The molecule has 3 rings (SSSR count). The maximum Gasteiger partial charge on any atom is 0.0359 e. The fourth-order valence-electron chi connectivity index (χ4n) is 2.66. The first-order chi connectivity index (χ1) is 7.40. The molecule has 2 nitrogen and oxygen atoms in total. The summed E-state index contributed by atoms with van der Waals surface area (Å²) in [6.07, 6.45) is 7.48. The molecule has 1 N–H and O–H groups in total. The van der Waals surface area contributed by atoms with Gasteiger partial charge in [0.25, 0.3) is 0 Å². The van der Waals surface area contributed by atoms with Crippen molar-refractivity contribution in [1.29, 1.82) is 0 Å². The van der Waals surface area contributed by atoms with Crippen LogP contribution >= 0.6 is 0 Å². The van der Waals surface area contributed by atoms with E-state index in [1.54, 1.807) is 0 Å². The first-order valence-electron chi connectivity index (χ1n) is 5.30. The number of benzene rings is 1. The Morgan fingerprint density at radius 3 is 2.94 bits per heavy atom. The number of allylic oxidation sites excluding steroid dienone is 2. The molecule has 2 aliphatic rings. The molecule has 1 heterocycles. The van der Waals surface area contributed by atoms with Crippen molar-refractivity contribution in [2.24, 2.45) is 5.92 Å². The van der Waals surface area contributed by atoms with Crippen molar-refractivity contribution in [2.75, 3.05) is 5.32 Å². The van der Waals surface area contributed by atoms with Crippen molar-refractivity contribution in [3.8, 4) is 0 Å². The molecule has 3 unspecified atom stereocenters. The molecule has 1 aliphatic carbocycles. The van der Waals surface area contributed by atoms with Gasteiger partial charge in [-0.3, -0.25) is 0 Å². The van der Waals surface area contributed by atoms with Crippen LogP contribution in [0.1, 0.15) is 17.9 Å². The van der Waals surface area contributed by atoms with Crippen LogP contribution in [-0.4, -0.2) is 12.3 Å². The van der Waals surface area contributed by atoms with E-state index in [0.717, 1.165) is 12.1 Å². The Hall–Kier alpha value is -0.466. The fraction of sp³-hybridized carbons (Fsp3) is 0.308. The Morgan fingerprint density at radius 1 is 1.31 bits per heavy atom. The molecule has 3 atom stereocenters. The van der Waals surface area contributed by atoms with Gasteiger partial charge in [0.15, 0.2) is 0 Å². The summed E-state index contributed by atoms with van der Waals surface area (Å²) in [6.45, 7) is 0. The number of hydrogen-bond donors (Lipinski definition) is 1. The summed E-state index contributed by atoms with van der Waals surface area (Å²) in [5, 5.41) is 3.25. The Bertz CT molecular complexity index is 430. The summed E-state index contributed by atoms with van der Waals surface area (Å²) in [5.74, 6) is 0.756. The van der Waals surface area contributed by atoms with Gasteiger partial charge >= 0.3 is 0 Å². The summed E-state index contributed by atoms with van der Waals surface area (Å²) in [7, 11) is 0. The molecule has 1 radical (unpaired) electrons. The van der Waals surface area contributed by atoms with Crippen LogP contribution in [0.2, 0.25) is 0 Å². The predicted molar refractivity (Wildman–Crippen MR) is 59.5 cm³/mol. The number of fused-ring (bicyclic) bond motifs is 3. The molecule has 1 aromatic rings. The Kier molecular flexibility index (Phi) is 3.61. The van der Waals surface area contributed by atoms with Gasteiger partial charge in [-0.15, -0.1) is 0 Å². The summed E-state index contributed by atoms with van der Waals surface area (Å²) in [4.78, 5) is 10.9. The SMILES string of the molecule is O=[C-]C1Nc2ccccc2C2C=CCC12.[Y]. The second-order valence-electron chi connectivity index (χ2n) is 4.18. The summed E-state index contributed by atoms with van der Waals surface area (Å²) in [5.41, 5.74) is 2.39. The van der Waals surface area contributed by atoms with E-state index in [1.807, 2.05) is 12.1 Å². The largest absolute Gasteiger partial charge is 0.540 e. The van der Waals surface area contributed by atoms with E-state index >= 15 is 0 Å². The van der Waals surface area contributed by atoms with Crippen LogP contribution in [0.4, 0.5) is 5.69 Å². The van der Waals surface area contributed by atoms with Gasteiger partial charge < -0.3 is 10.1 Å². The Labute approximate surface area is 120 Å². The van der Waals surface area contributed by atoms with Crippen LogP contribution < -0.4 is 5.32 Å². The van der Waals surface area contributed by atoms with Crippen LogP contribution in [-0.2, 0) is 37.5 Å². The third-order valence-electron chi connectivity index (χ3n) is 3.40. The van der Waals surface area contributed by atoms with Gasteiger partial charge in [-0.1, -0.05) is 36.4 Å². The van der Waals surface area contributed by atoms with Crippen molar-refractivity contribution in [3.05, 3.63) is 42.0 Å². The van der Waals surface area contributed by atoms with E-state index in [4.69, 9.17) is 0 Å². The molecule has 0 bridgehead atoms. The fourth-order valence-corrected chi connectivity index (χ4v) is 2.66. The van der Waals surface area contributed by atoms with Crippen molar-refractivity contribution in [1.82, 2.24) is 0 Å². The van der Waals surface area contributed by atoms with E-state index in [0.29, 0.717) is 11.8 Å². The predicted octanol–water partition coefficient (Wildman–Crippen LogP) is 2.25. The molecule has 0 aromatic heterocycles. The first-order valence-corrected chi connectivity index (χ1v) is 5.30. The Balaban J connectivity index is 0.000000963. The number of rotatable bonds is 1. The monoisotopic (exact) mass is 287 g/mol. The smallest absolute Gasteiger partial charge is 0.0359 e. The number of anilines is 1. The van der Waals surface area contributed by atoms with Crippen LogP contribution in [0.3, 0.4) is 0 Å². The van der Waals surface area contributed by atoms with Gasteiger partial charge in [-0.2, -0.15) is 0 Å². The van der Waals surface area contributed by atoms with E-state index < -0.39 is 0 Å². The van der Waals surface area contributed by atoms with Gasteiger partial charge in [-0.05, 0) is 24.0 Å². The zero-order valence-corrected chi connectivity index (χ0v) is 11.7. The van der Waals surface area contributed by atoms with Crippen molar-refractivity contribution < 1.29 is 37.5 Å². The van der Waals surface area contributed by atoms with Crippen molar-refractivity contribution in [3.63, 3.8) is 0 Å². The molecular formula is C13H12NOY-. The number of para-hydroxylation sites is 1. The van der Waals surface area contributed by atoms with Gasteiger partial charge in [0.1, 0.15) is 0 Å². The third-order valence-corrected chi connectivity index (χ3v) is 3.40. The third kappa shape index (κ3) is 1.78. The number of carbonyl (C=O) groups excluding carboxylic acids is 1. The average molecular weight is 287 g/mol. The molecule has 16 heavy (non-hydrogen) atoms. The van der Waals surface area contributed by atoms with E-state index in [9.17, 15) is 4.79 Å². The zero-order valence-electron chi connectivity index (χ0n) is 8.89. The molecular weight excluding hydrogens is 275 g/mol. The number of nitrogens with one attached hydrogen (secondary N) is 1. The molecule has 0 spiro atoms. The van der Waals surface area contributed by atoms with Gasteiger partial charge in [0, 0.05) is 44.3 Å². The van der Waals surface area contributed by atoms with E-state index in [-0.39, 0.29) is 38.8 Å². The first kappa shape index (κ1) is 12.0. The van der Waals surface area contributed by atoms with Gasteiger partial charge in [0.2, 0.25) is 0 Å². The minimum absolute atomic E-state index is 0. The van der Waals surface area contributed by atoms with Gasteiger partial charge in [0.05, 0.1) is 0 Å². The second-order valence-corrected chi connectivity index (χ2v) is 4.18. The van der Waals surface area contributed by atoms with Crippen molar-refractivity contribution in [2.45, 2.75) is 18.4 Å². The molecule has 1 aliphatic heterocycles. The molecule has 0 saturated carbocycles. The zero-order chi connectivity index (χ0) is 10.3. The van der Waals surface area contributed by atoms with Crippen LogP contribution in [0.15, 0.2) is 36.4 Å². The topological polar surface area (TPSA) is 29.1 Å². The molecule has 0 fully saturated rings. The maximum atomic E-state index is 10.9. The summed E-state index contributed by atoms with van der Waals surface area (Å²) in [6, 6.07) is 8.06. The average Bonchev–Trinajstić information content (AvgIpc) is 2.77. The van der Waals surface area contributed by atoms with E-state index in [1.165, 1.54) is 5.56 Å². The standard InChI is InChI=1S/C13H12NO.Y/c15-8-13-11-6-3-5-9(11)10-4-1-2-7-12(10)14-13;/h1-5,7,9,11,13-14H,6H2;/q-1;. The van der Waals surface area contributed by atoms with Crippen LogP contribution in [0.25, 0.3) is 0 Å². The Morgan fingerprint density at radius 2 is 2.12 bits per heavy atom. The second kappa shape index (κ2) is 4.81. The summed E-state index contributed by atoms with van der Waals surface area (Å²) >= 11 is 0. The minimum Gasteiger partial charge on any atom is -0.540 e. The molecule has 1 aromatic carbocycles. The maximum absolute atomic E-state index is 10.9. The van der Waals surface area contributed by atoms with Crippen molar-refractivity contribution >= 4 is 12.0 Å². The molecule has 79 valence electrons.